The summed E-state index contributed by atoms with van der Waals surface area (Å²) in [6, 6.07) is 17.7. The molecule has 1 amide bonds. The highest BCUT2D eigenvalue weighted by Crippen LogP contribution is 2.18. The molecule has 0 bridgehead atoms. The lowest BCUT2D eigenvalue weighted by atomic mass is 10.1. The van der Waals surface area contributed by atoms with Gasteiger partial charge in [0.1, 0.15) is 17.8 Å². The highest BCUT2D eigenvalue weighted by molar-refractivity contribution is 6.03. The minimum absolute atomic E-state index is 0.262. The number of carbonyl (C=O) groups excluding carboxylic acids is 1. The lowest BCUT2D eigenvalue weighted by molar-refractivity contribution is 0.102. The van der Waals surface area contributed by atoms with E-state index in [0.29, 0.717) is 18.1 Å². The zero-order chi connectivity index (χ0) is 20.6. The van der Waals surface area contributed by atoms with Gasteiger partial charge >= 0.3 is 0 Å². The van der Waals surface area contributed by atoms with Crippen LogP contribution >= 0.6 is 0 Å². The van der Waals surface area contributed by atoms with Crippen LogP contribution in [0, 0.1) is 6.92 Å². The molecule has 0 fully saturated rings. The number of rotatable bonds is 8. The summed E-state index contributed by atoms with van der Waals surface area (Å²) in [4.78, 5) is 23.1. The minimum Gasteiger partial charge on any atom is -0.372 e. The van der Waals surface area contributed by atoms with Crippen LogP contribution in [-0.4, -0.2) is 29.0 Å². The molecule has 0 spiro atoms. The summed E-state index contributed by atoms with van der Waals surface area (Å²) in [7, 11) is 0. The van der Waals surface area contributed by atoms with Gasteiger partial charge in [0.15, 0.2) is 0 Å². The third-order valence-electron chi connectivity index (χ3n) is 4.71. The molecule has 0 unspecified atom stereocenters. The second kappa shape index (κ2) is 9.68. The fourth-order valence-electron chi connectivity index (χ4n) is 3.13. The van der Waals surface area contributed by atoms with Crippen LogP contribution in [0.4, 0.5) is 17.2 Å². The number of amides is 1. The first-order chi connectivity index (χ1) is 14.1. The van der Waals surface area contributed by atoms with Crippen molar-refractivity contribution in [3.05, 3.63) is 77.7 Å². The number of hydrogen-bond donors (Lipinski definition) is 2. The van der Waals surface area contributed by atoms with E-state index in [1.165, 1.54) is 11.9 Å². The normalized spacial score (nSPS) is 10.4. The van der Waals surface area contributed by atoms with Crippen molar-refractivity contribution in [3.63, 3.8) is 0 Å². The fourth-order valence-corrected chi connectivity index (χ4v) is 3.13. The predicted octanol–water partition coefficient (Wildman–Crippen LogP) is 4.50. The van der Waals surface area contributed by atoms with Gasteiger partial charge in [-0.25, -0.2) is 9.97 Å². The minimum atomic E-state index is -0.262. The first kappa shape index (κ1) is 20.3. The van der Waals surface area contributed by atoms with Crippen LogP contribution in [-0.2, 0) is 6.54 Å². The van der Waals surface area contributed by atoms with Crippen LogP contribution in [0.15, 0.2) is 60.9 Å². The number of carbonyl (C=O) groups is 1. The van der Waals surface area contributed by atoms with Gasteiger partial charge in [0.2, 0.25) is 0 Å². The Bertz CT molecular complexity index is 951. The van der Waals surface area contributed by atoms with Crippen LogP contribution in [0.1, 0.15) is 35.5 Å². The Morgan fingerprint density at radius 3 is 2.45 bits per heavy atom. The van der Waals surface area contributed by atoms with Gasteiger partial charge in [-0.3, -0.25) is 4.79 Å². The van der Waals surface area contributed by atoms with Crippen molar-refractivity contribution in [2.24, 2.45) is 0 Å². The molecule has 0 atom stereocenters. The molecule has 150 valence electrons. The molecule has 1 aromatic heterocycles. The van der Waals surface area contributed by atoms with E-state index >= 15 is 0 Å². The maximum absolute atomic E-state index is 12.6. The van der Waals surface area contributed by atoms with Gasteiger partial charge in [-0.2, -0.15) is 0 Å². The summed E-state index contributed by atoms with van der Waals surface area (Å²) in [5.74, 6) is 0.352. The lowest BCUT2D eigenvalue weighted by Gasteiger charge is -2.21. The topological polar surface area (TPSA) is 70.2 Å². The van der Waals surface area contributed by atoms with Crippen LogP contribution in [0.5, 0.6) is 0 Å². The number of nitrogens with zero attached hydrogens (tertiary/aromatic N) is 3. The Hall–Kier alpha value is -3.41. The van der Waals surface area contributed by atoms with E-state index in [9.17, 15) is 4.79 Å². The van der Waals surface area contributed by atoms with Gasteiger partial charge in [-0.1, -0.05) is 29.8 Å². The molecule has 2 aromatic carbocycles. The molecular formula is C23H27N5O. The third kappa shape index (κ3) is 5.54. The van der Waals surface area contributed by atoms with Crippen molar-refractivity contribution >= 4 is 23.1 Å². The summed E-state index contributed by atoms with van der Waals surface area (Å²) in [5.41, 5.74) is 4.55. The Morgan fingerprint density at radius 1 is 1.00 bits per heavy atom. The number of benzene rings is 2. The standard InChI is InChI=1S/C23H27N5O/c1-4-28(5-2)20-11-9-19(10-12-20)27-23(29)21-14-22(26-16-25-21)24-15-18-8-6-7-17(3)13-18/h6-14,16H,4-5,15H2,1-3H3,(H,27,29)(H,24,25,26). The molecule has 29 heavy (non-hydrogen) atoms. The number of aromatic nitrogens is 2. The molecular weight excluding hydrogens is 362 g/mol. The average molecular weight is 390 g/mol. The molecule has 2 N–H and O–H groups in total. The number of aryl methyl sites for hydroxylation is 1. The predicted molar refractivity (Wildman–Crippen MR) is 118 cm³/mol. The van der Waals surface area contributed by atoms with Crippen LogP contribution in [0.25, 0.3) is 0 Å². The average Bonchev–Trinajstić information content (AvgIpc) is 2.74. The zero-order valence-electron chi connectivity index (χ0n) is 17.1. The molecule has 0 aliphatic heterocycles. The highest BCUT2D eigenvalue weighted by atomic mass is 16.1. The van der Waals surface area contributed by atoms with Gasteiger partial charge in [-0.05, 0) is 50.6 Å². The van der Waals surface area contributed by atoms with Crippen LogP contribution in [0.2, 0.25) is 0 Å². The van der Waals surface area contributed by atoms with E-state index in [2.05, 4.69) is 64.5 Å². The monoisotopic (exact) mass is 389 g/mol. The lowest BCUT2D eigenvalue weighted by Crippen LogP contribution is -2.21. The molecule has 0 radical (unpaired) electrons. The first-order valence-corrected chi connectivity index (χ1v) is 9.87. The van der Waals surface area contributed by atoms with E-state index in [4.69, 9.17) is 0 Å². The maximum Gasteiger partial charge on any atom is 0.274 e. The van der Waals surface area contributed by atoms with Crippen molar-refractivity contribution < 1.29 is 4.79 Å². The van der Waals surface area contributed by atoms with Gasteiger partial charge in [-0.15, -0.1) is 0 Å². The second-order valence-corrected chi connectivity index (χ2v) is 6.80. The number of nitrogens with one attached hydrogen (secondary N) is 2. The second-order valence-electron chi connectivity index (χ2n) is 6.80. The SMILES string of the molecule is CCN(CC)c1ccc(NC(=O)c2cc(NCc3cccc(C)c3)ncn2)cc1. The van der Waals surface area contributed by atoms with Gasteiger partial charge in [0.25, 0.3) is 5.91 Å². The maximum atomic E-state index is 12.6. The first-order valence-electron chi connectivity index (χ1n) is 9.87. The van der Waals surface area contributed by atoms with Crippen molar-refractivity contribution in [1.29, 1.82) is 0 Å². The molecule has 0 saturated heterocycles. The smallest absolute Gasteiger partial charge is 0.274 e. The number of hydrogen-bond acceptors (Lipinski definition) is 5. The van der Waals surface area contributed by atoms with E-state index in [1.807, 2.05) is 30.3 Å². The van der Waals surface area contributed by atoms with Gasteiger partial charge in [0, 0.05) is 37.1 Å². The van der Waals surface area contributed by atoms with E-state index in [1.54, 1.807) is 6.07 Å². The molecule has 6 heteroatoms. The number of anilines is 3. The van der Waals surface area contributed by atoms with Gasteiger partial charge < -0.3 is 15.5 Å². The molecule has 3 rings (SSSR count). The third-order valence-corrected chi connectivity index (χ3v) is 4.71. The Labute approximate surface area is 172 Å². The molecule has 0 aliphatic carbocycles. The quantitative estimate of drug-likeness (QED) is 0.594. The van der Waals surface area contributed by atoms with Crippen LogP contribution < -0.4 is 15.5 Å². The summed E-state index contributed by atoms with van der Waals surface area (Å²) >= 11 is 0. The molecule has 6 nitrogen and oxygen atoms in total. The summed E-state index contributed by atoms with van der Waals surface area (Å²) in [5, 5.41) is 6.14. The molecule has 0 aliphatic rings. The van der Waals surface area contributed by atoms with E-state index in [0.717, 1.165) is 30.0 Å². The summed E-state index contributed by atoms with van der Waals surface area (Å²) in [6.07, 6.45) is 1.40. The van der Waals surface area contributed by atoms with Crippen molar-refractivity contribution in [2.45, 2.75) is 27.3 Å². The van der Waals surface area contributed by atoms with Crippen molar-refractivity contribution in [1.82, 2.24) is 9.97 Å². The van der Waals surface area contributed by atoms with Crippen molar-refractivity contribution in [3.8, 4) is 0 Å². The molecule has 0 saturated carbocycles. The Balaban J connectivity index is 1.63. The molecule has 1 heterocycles. The highest BCUT2D eigenvalue weighted by Gasteiger charge is 2.10. The van der Waals surface area contributed by atoms with Crippen molar-refractivity contribution in [2.75, 3.05) is 28.6 Å². The fraction of sp³-hybridized carbons (Fsp3) is 0.261. The van der Waals surface area contributed by atoms with Crippen LogP contribution in [0.3, 0.4) is 0 Å². The summed E-state index contributed by atoms with van der Waals surface area (Å²) < 4.78 is 0. The largest absolute Gasteiger partial charge is 0.372 e. The van der Waals surface area contributed by atoms with E-state index in [-0.39, 0.29) is 5.91 Å². The van der Waals surface area contributed by atoms with E-state index < -0.39 is 0 Å². The zero-order valence-corrected chi connectivity index (χ0v) is 17.1. The van der Waals surface area contributed by atoms with Gasteiger partial charge in [0.05, 0.1) is 0 Å². The molecule has 3 aromatic rings. The Kier molecular flexibility index (Phi) is 6.79. The Morgan fingerprint density at radius 2 is 1.76 bits per heavy atom. The summed E-state index contributed by atoms with van der Waals surface area (Å²) in [6.45, 7) is 8.83.